The van der Waals surface area contributed by atoms with Crippen molar-refractivity contribution in [3.05, 3.63) is 60.2 Å². The molecular weight excluding hydrogens is 428 g/mol. The maximum absolute atomic E-state index is 12.8. The number of Topliss-reactive ketones (excluding diaryl/α,β-unsaturated/α-hetero) is 1. The number of benzene rings is 2. The van der Waals surface area contributed by atoms with Gasteiger partial charge in [0.25, 0.3) is 0 Å². The molecular formula is C24H30N2O7. The first-order valence-electron chi connectivity index (χ1n) is 10.8. The molecule has 0 aromatic heterocycles. The Morgan fingerprint density at radius 1 is 0.970 bits per heavy atom. The van der Waals surface area contributed by atoms with E-state index in [1.807, 2.05) is 13.0 Å². The second-order valence-corrected chi connectivity index (χ2v) is 7.34. The van der Waals surface area contributed by atoms with Crippen molar-refractivity contribution in [2.24, 2.45) is 5.92 Å². The summed E-state index contributed by atoms with van der Waals surface area (Å²) in [5, 5.41) is 20.9. The third-order valence-electron chi connectivity index (χ3n) is 4.90. The molecule has 2 aromatic carbocycles. The molecule has 0 spiro atoms. The van der Waals surface area contributed by atoms with Gasteiger partial charge >= 0.3 is 5.97 Å². The topological polar surface area (TPSA) is 134 Å². The SMILES string of the molecule is CCOc1ccc(OCCC[C@H](C(=O)CNO)C(=O)NC(Cc2ccccc2)C(=O)O)cc1. The van der Waals surface area contributed by atoms with Crippen molar-refractivity contribution in [3.63, 3.8) is 0 Å². The maximum Gasteiger partial charge on any atom is 0.326 e. The van der Waals surface area contributed by atoms with Gasteiger partial charge < -0.3 is 25.1 Å². The van der Waals surface area contributed by atoms with E-state index in [0.717, 1.165) is 11.3 Å². The molecule has 0 aliphatic heterocycles. The molecule has 1 amide bonds. The minimum Gasteiger partial charge on any atom is -0.494 e. The lowest BCUT2D eigenvalue weighted by atomic mass is 9.96. The Balaban J connectivity index is 1.94. The number of carboxylic acids is 1. The quantitative estimate of drug-likeness (QED) is 0.181. The summed E-state index contributed by atoms with van der Waals surface area (Å²) < 4.78 is 11.0. The normalized spacial score (nSPS) is 12.4. The van der Waals surface area contributed by atoms with Crippen molar-refractivity contribution < 1.29 is 34.2 Å². The average Bonchev–Trinajstić information content (AvgIpc) is 2.80. The number of carbonyl (C=O) groups is 3. The highest BCUT2D eigenvalue weighted by molar-refractivity contribution is 6.03. The summed E-state index contributed by atoms with van der Waals surface area (Å²) in [4.78, 5) is 36.8. The molecule has 0 aliphatic rings. The van der Waals surface area contributed by atoms with Crippen molar-refractivity contribution >= 4 is 17.7 Å². The number of hydroxylamine groups is 1. The minimum absolute atomic E-state index is 0.0852. The van der Waals surface area contributed by atoms with Gasteiger partial charge in [-0.25, -0.2) is 4.79 Å². The number of carbonyl (C=O) groups excluding carboxylic acids is 2. The zero-order valence-electron chi connectivity index (χ0n) is 18.5. The Labute approximate surface area is 192 Å². The van der Waals surface area contributed by atoms with Crippen LogP contribution >= 0.6 is 0 Å². The van der Waals surface area contributed by atoms with Crippen LogP contribution in [0.25, 0.3) is 0 Å². The number of rotatable bonds is 15. The van der Waals surface area contributed by atoms with Crippen LogP contribution in [0.4, 0.5) is 0 Å². The third kappa shape index (κ3) is 8.91. The molecule has 0 radical (unpaired) electrons. The highest BCUT2D eigenvalue weighted by atomic mass is 16.5. The number of carboxylic acid groups (broad SMARTS) is 1. The van der Waals surface area contributed by atoms with E-state index in [0.29, 0.717) is 18.8 Å². The second-order valence-electron chi connectivity index (χ2n) is 7.34. The fraction of sp³-hybridized carbons (Fsp3) is 0.375. The van der Waals surface area contributed by atoms with Crippen LogP contribution in [0.15, 0.2) is 54.6 Å². The van der Waals surface area contributed by atoms with E-state index in [1.165, 1.54) is 0 Å². The second kappa shape index (κ2) is 13.9. The van der Waals surface area contributed by atoms with E-state index < -0.39 is 36.2 Å². The maximum atomic E-state index is 12.8. The van der Waals surface area contributed by atoms with Gasteiger partial charge in [0.1, 0.15) is 17.5 Å². The molecule has 0 saturated carbocycles. The van der Waals surface area contributed by atoms with Crippen LogP contribution in [-0.4, -0.2) is 53.8 Å². The van der Waals surface area contributed by atoms with Gasteiger partial charge in [0.2, 0.25) is 5.91 Å². The van der Waals surface area contributed by atoms with E-state index in [2.05, 4.69) is 5.32 Å². The summed E-state index contributed by atoms with van der Waals surface area (Å²) >= 11 is 0. The molecule has 0 saturated heterocycles. The molecule has 0 heterocycles. The molecule has 0 fully saturated rings. The van der Waals surface area contributed by atoms with Crippen molar-refractivity contribution in [1.29, 1.82) is 0 Å². The number of hydrogen-bond acceptors (Lipinski definition) is 7. The molecule has 9 heteroatoms. The van der Waals surface area contributed by atoms with Crippen LogP contribution < -0.4 is 20.3 Å². The van der Waals surface area contributed by atoms with Gasteiger partial charge in [-0.2, -0.15) is 5.48 Å². The number of nitrogens with one attached hydrogen (secondary N) is 2. The lowest BCUT2D eigenvalue weighted by molar-refractivity contribution is -0.144. The van der Waals surface area contributed by atoms with E-state index in [-0.39, 0.29) is 19.4 Å². The van der Waals surface area contributed by atoms with Gasteiger partial charge in [-0.3, -0.25) is 9.59 Å². The third-order valence-corrected chi connectivity index (χ3v) is 4.90. The first-order chi connectivity index (χ1) is 15.9. The molecule has 33 heavy (non-hydrogen) atoms. The van der Waals surface area contributed by atoms with Crippen molar-refractivity contribution in [2.75, 3.05) is 19.8 Å². The van der Waals surface area contributed by atoms with Crippen LogP contribution in [0.5, 0.6) is 11.5 Å². The zero-order chi connectivity index (χ0) is 24.1. The largest absolute Gasteiger partial charge is 0.494 e. The summed E-state index contributed by atoms with van der Waals surface area (Å²) in [5.74, 6) is -2.20. The lowest BCUT2D eigenvalue weighted by Crippen LogP contribution is -2.47. The van der Waals surface area contributed by atoms with Gasteiger partial charge in [-0.15, -0.1) is 0 Å². The smallest absolute Gasteiger partial charge is 0.326 e. The average molecular weight is 459 g/mol. The van der Waals surface area contributed by atoms with Crippen molar-refractivity contribution in [3.8, 4) is 11.5 Å². The molecule has 4 N–H and O–H groups in total. The van der Waals surface area contributed by atoms with E-state index in [4.69, 9.17) is 14.7 Å². The predicted molar refractivity (Wildman–Crippen MR) is 120 cm³/mol. The monoisotopic (exact) mass is 458 g/mol. The van der Waals surface area contributed by atoms with E-state index in [9.17, 15) is 19.5 Å². The first kappa shape index (κ1) is 25.8. The summed E-state index contributed by atoms with van der Waals surface area (Å²) in [7, 11) is 0. The van der Waals surface area contributed by atoms with Crippen LogP contribution in [0, 0.1) is 5.92 Å². The fourth-order valence-corrected chi connectivity index (χ4v) is 3.24. The molecule has 0 aliphatic carbocycles. The van der Waals surface area contributed by atoms with Crippen LogP contribution in [0.3, 0.4) is 0 Å². The lowest BCUT2D eigenvalue weighted by Gasteiger charge is -2.20. The Kier molecular flexibility index (Phi) is 10.9. The first-order valence-corrected chi connectivity index (χ1v) is 10.8. The summed E-state index contributed by atoms with van der Waals surface area (Å²) in [6.07, 6.45) is 0.599. The number of ketones is 1. The Morgan fingerprint density at radius 2 is 1.61 bits per heavy atom. The molecule has 2 aromatic rings. The molecule has 1 unspecified atom stereocenters. The van der Waals surface area contributed by atoms with Gasteiger partial charge in [0, 0.05) is 6.42 Å². The number of amides is 1. The molecule has 2 rings (SSSR count). The molecule has 2 atom stereocenters. The van der Waals surface area contributed by atoms with E-state index in [1.54, 1.807) is 54.0 Å². The number of aliphatic carboxylic acids is 1. The molecule has 178 valence electrons. The number of hydrogen-bond donors (Lipinski definition) is 4. The Morgan fingerprint density at radius 3 is 2.18 bits per heavy atom. The predicted octanol–water partition coefficient (Wildman–Crippen LogP) is 2.22. The molecule has 9 nitrogen and oxygen atoms in total. The van der Waals surface area contributed by atoms with Gasteiger partial charge in [-0.1, -0.05) is 30.3 Å². The summed E-state index contributed by atoms with van der Waals surface area (Å²) in [6.45, 7) is 2.29. The van der Waals surface area contributed by atoms with Crippen LogP contribution in [0.2, 0.25) is 0 Å². The summed E-state index contributed by atoms with van der Waals surface area (Å²) in [5.41, 5.74) is 2.51. The minimum atomic E-state index is -1.20. The highest BCUT2D eigenvalue weighted by Gasteiger charge is 2.29. The fourth-order valence-electron chi connectivity index (χ4n) is 3.24. The van der Waals surface area contributed by atoms with Gasteiger partial charge in [-0.05, 0) is 49.6 Å². The van der Waals surface area contributed by atoms with Gasteiger partial charge in [0.15, 0.2) is 5.78 Å². The Hall–Kier alpha value is -3.43. The Bertz CT molecular complexity index is 887. The standard InChI is InChI=1S/C24H30N2O7/c1-2-32-18-10-12-19(13-11-18)33-14-6-9-20(22(27)16-25-31)23(28)26-21(24(29)30)15-17-7-4-3-5-8-17/h3-5,7-8,10-13,20-21,25,31H,2,6,9,14-16H2,1H3,(H,26,28)(H,29,30)/t20-,21?/m1/s1. The number of ether oxygens (including phenoxy) is 2. The molecule has 0 bridgehead atoms. The van der Waals surface area contributed by atoms with E-state index >= 15 is 0 Å². The van der Waals surface area contributed by atoms with Gasteiger partial charge in [0.05, 0.1) is 25.7 Å². The summed E-state index contributed by atoms with van der Waals surface area (Å²) in [6, 6.07) is 14.8. The van der Waals surface area contributed by atoms with Crippen molar-refractivity contribution in [2.45, 2.75) is 32.2 Å². The van der Waals surface area contributed by atoms with Crippen LogP contribution in [0.1, 0.15) is 25.3 Å². The zero-order valence-corrected chi connectivity index (χ0v) is 18.5. The highest BCUT2D eigenvalue weighted by Crippen LogP contribution is 2.18. The van der Waals surface area contributed by atoms with Crippen LogP contribution in [-0.2, 0) is 20.8 Å². The van der Waals surface area contributed by atoms with Crippen molar-refractivity contribution in [1.82, 2.24) is 10.8 Å².